The van der Waals surface area contributed by atoms with Gasteiger partial charge in [0.05, 0.1) is 32.7 Å². The topological polar surface area (TPSA) is 184 Å². The first kappa shape index (κ1) is 44.9. The van der Waals surface area contributed by atoms with Gasteiger partial charge in [0, 0.05) is 6.92 Å². The molecule has 49 heavy (non-hydrogen) atoms. The number of halogens is 6. The summed E-state index contributed by atoms with van der Waals surface area (Å²) in [7, 11) is 0. The maximum Gasteiger partial charge on any atom is 0.381 e. The predicted octanol–water partition coefficient (Wildman–Crippen LogP) is 3.63. The fraction of sp³-hybridized carbons (Fsp3) is 0.759. The largest absolute Gasteiger partial charge is 0.461 e. The smallest absolute Gasteiger partial charge is 0.381 e. The first-order valence-corrected chi connectivity index (χ1v) is 15.0. The molecule has 0 aromatic rings. The van der Waals surface area contributed by atoms with Gasteiger partial charge in [-0.3, -0.25) is 14.4 Å². The highest BCUT2D eigenvalue weighted by Crippen LogP contribution is 2.34. The van der Waals surface area contributed by atoms with Crippen molar-refractivity contribution < 1.29 is 93.1 Å². The van der Waals surface area contributed by atoms with Gasteiger partial charge >= 0.3 is 59.6 Å². The SMILES string of the molecule is CCOC(=O)C(F)(F)C(CC)OC(=O)CC(CC(=O)OC(CC)C(F)(F)C(=O)OCC)(OC(C)=O)C(=O)OC(CC)C(F)(F)C(=O)OCC. The quantitative estimate of drug-likeness (QED) is 0.0949. The molecule has 20 heteroatoms. The zero-order valence-corrected chi connectivity index (χ0v) is 27.9. The number of hydrogen-bond donors (Lipinski definition) is 0. The molecule has 3 atom stereocenters. The first-order chi connectivity index (χ1) is 22.6. The Balaban J connectivity index is 6.99. The van der Waals surface area contributed by atoms with Gasteiger partial charge in [-0.1, -0.05) is 20.8 Å². The Kier molecular flexibility index (Phi) is 17.5. The Morgan fingerprint density at radius 3 is 1.02 bits per heavy atom. The molecule has 0 bridgehead atoms. The predicted molar refractivity (Wildman–Crippen MR) is 149 cm³/mol. The van der Waals surface area contributed by atoms with Gasteiger partial charge < -0.3 is 33.2 Å². The third-order valence-electron chi connectivity index (χ3n) is 6.34. The molecule has 0 amide bonds. The highest BCUT2D eigenvalue weighted by molar-refractivity contribution is 5.93. The van der Waals surface area contributed by atoms with Crippen LogP contribution in [0.25, 0.3) is 0 Å². The molecule has 0 aromatic heterocycles. The van der Waals surface area contributed by atoms with Crippen molar-refractivity contribution in [2.45, 2.75) is 122 Å². The molecule has 0 N–H and O–H groups in total. The number of alkyl halides is 6. The van der Waals surface area contributed by atoms with Crippen LogP contribution >= 0.6 is 0 Å². The normalized spacial score (nSPS) is 15.0. The van der Waals surface area contributed by atoms with E-state index in [0.29, 0.717) is 6.92 Å². The van der Waals surface area contributed by atoms with E-state index in [1.54, 1.807) is 0 Å². The van der Waals surface area contributed by atoms with Crippen LogP contribution in [0.3, 0.4) is 0 Å². The zero-order valence-electron chi connectivity index (χ0n) is 27.9. The summed E-state index contributed by atoms with van der Waals surface area (Å²) in [6, 6.07) is 0. The fourth-order valence-corrected chi connectivity index (χ4v) is 4.02. The molecule has 0 aromatic carbocycles. The number of carbonyl (C=O) groups is 7. The lowest BCUT2D eigenvalue weighted by Crippen LogP contribution is -2.54. The summed E-state index contributed by atoms with van der Waals surface area (Å²) in [6.45, 7) is 5.65. The van der Waals surface area contributed by atoms with Crippen molar-refractivity contribution >= 4 is 41.8 Å². The van der Waals surface area contributed by atoms with Crippen LogP contribution in [0.1, 0.15) is 80.6 Å². The monoisotopic (exact) mass is 726 g/mol. The van der Waals surface area contributed by atoms with E-state index >= 15 is 0 Å². The molecule has 0 rings (SSSR count). The van der Waals surface area contributed by atoms with E-state index in [1.165, 1.54) is 20.8 Å². The lowest BCUT2D eigenvalue weighted by molar-refractivity contribution is -0.217. The molecule has 0 spiro atoms. The van der Waals surface area contributed by atoms with Crippen LogP contribution in [-0.2, 0) is 66.7 Å². The summed E-state index contributed by atoms with van der Waals surface area (Å²) in [5.74, 6) is -27.5. The Morgan fingerprint density at radius 1 is 0.490 bits per heavy atom. The Bertz CT molecular complexity index is 1140. The van der Waals surface area contributed by atoms with E-state index in [9.17, 15) is 59.9 Å². The molecule has 0 fully saturated rings. The van der Waals surface area contributed by atoms with Crippen molar-refractivity contribution in [3.63, 3.8) is 0 Å². The number of carbonyl (C=O) groups excluding carboxylic acids is 7. The van der Waals surface area contributed by atoms with Gasteiger partial charge in [-0.25, -0.2) is 19.2 Å². The van der Waals surface area contributed by atoms with Gasteiger partial charge in [0.25, 0.3) is 0 Å². The second kappa shape index (κ2) is 19.2. The molecule has 0 aliphatic heterocycles. The number of ether oxygens (including phenoxy) is 7. The van der Waals surface area contributed by atoms with Crippen molar-refractivity contribution in [2.24, 2.45) is 0 Å². The lowest BCUT2D eigenvalue weighted by atomic mass is 9.94. The van der Waals surface area contributed by atoms with Crippen LogP contribution in [0.5, 0.6) is 0 Å². The van der Waals surface area contributed by atoms with Crippen LogP contribution in [0, 0.1) is 0 Å². The van der Waals surface area contributed by atoms with E-state index < -0.39 is 135 Å². The molecule has 0 radical (unpaired) electrons. The van der Waals surface area contributed by atoms with Crippen LogP contribution < -0.4 is 0 Å². The van der Waals surface area contributed by atoms with E-state index in [-0.39, 0.29) is 0 Å². The highest BCUT2D eigenvalue weighted by Gasteiger charge is 2.57. The Hall–Kier alpha value is -4.13. The van der Waals surface area contributed by atoms with Crippen LogP contribution in [0.4, 0.5) is 26.3 Å². The van der Waals surface area contributed by atoms with E-state index in [1.807, 2.05) is 0 Å². The molecule has 282 valence electrons. The van der Waals surface area contributed by atoms with Gasteiger partial charge in [0.15, 0.2) is 18.3 Å². The van der Waals surface area contributed by atoms with Crippen molar-refractivity contribution in [3.05, 3.63) is 0 Å². The average Bonchev–Trinajstić information content (AvgIpc) is 3.00. The van der Waals surface area contributed by atoms with E-state index in [0.717, 1.165) is 20.8 Å². The molecule has 3 unspecified atom stereocenters. The highest BCUT2D eigenvalue weighted by atomic mass is 19.3. The van der Waals surface area contributed by atoms with Crippen LogP contribution in [-0.4, -0.2) is 103 Å². The second-order valence-corrected chi connectivity index (χ2v) is 10.0. The molecule has 0 heterocycles. The molecule has 0 saturated carbocycles. The van der Waals surface area contributed by atoms with Gasteiger partial charge in [-0.05, 0) is 40.0 Å². The maximum atomic E-state index is 14.9. The maximum absolute atomic E-state index is 14.9. The van der Waals surface area contributed by atoms with Crippen LogP contribution in [0.15, 0.2) is 0 Å². The van der Waals surface area contributed by atoms with Gasteiger partial charge in [0.2, 0.25) is 5.60 Å². The lowest BCUT2D eigenvalue weighted by Gasteiger charge is -2.33. The van der Waals surface area contributed by atoms with Crippen molar-refractivity contribution in [1.82, 2.24) is 0 Å². The zero-order chi connectivity index (χ0) is 38.4. The Morgan fingerprint density at radius 2 is 0.776 bits per heavy atom. The second-order valence-electron chi connectivity index (χ2n) is 10.0. The summed E-state index contributed by atoms with van der Waals surface area (Å²) in [6.07, 6.45) is -13.9. The van der Waals surface area contributed by atoms with Gasteiger partial charge in [-0.15, -0.1) is 0 Å². The number of esters is 7. The Labute approximate surface area is 277 Å². The summed E-state index contributed by atoms with van der Waals surface area (Å²) in [5, 5.41) is 0. The third-order valence-corrected chi connectivity index (χ3v) is 6.34. The molecule has 0 aliphatic rings. The molecular weight excluding hydrogens is 686 g/mol. The standard InChI is InChI=1S/C29H40F6O14/c1-8-17(27(30,31)23(40)43-11-4)46-20(37)14-26(49-16(7)36,22(39)48-19(10-3)29(34,35)25(42)45-13-6)15-21(38)47-18(9-2)28(32,33)24(41)44-12-5/h17-19H,8-15H2,1-7H3. The molecule has 14 nitrogen and oxygen atoms in total. The van der Waals surface area contributed by atoms with Crippen molar-refractivity contribution in [2.75, 3.05) is 19.8 Å². The minimum absolute atomic E-state index is 0.509. The van der Waals surface area contributed by atoms with Crippen LogP contribution in [0.2, 0.25) is 0 Å². The number of hydrogen-bond acceptors (Lipinski definition) is 14. The summed E-state index contributed by atoms with van der Waals surface area (Å²) in [5.41, 5.74) is -3.47. The van der Waals surface area contributed by atoms with Crippen molar-refractivity contribution in [3.8, 4) is 0 Å². The first-order valence-electron chi connectivity index (χ1n) is 15.0. The van der Waals surface area contributed by atoms with E-state index in [4.69, 9.17) is 9.47 Å². The summed E-state index contributed by atoms with van der Waals surface area (Å²) < 4.78 is 120. The average molecular weight is 727 g/mol. The summed E-state index contributed by atoms with van der Waals surface area (Å²) >= 11 is 0. The number of rotatable bonds is 21. The van der Waals surface area contributed by atoms with Gasteiger partial charge in [0.1, 0.15) is 0 Å². The van der Waals surface area contributed by atoms with Crippen molar-refractivity contribution in [1.29, 1.82) is 0 Å². The molecule has 0 saturated heterocycles. The summed E-state index contributed by atoms with van der Waals surface area (Å²) in [4.78, 5) is 87.2. The van der Waals surface area contributed by atoms with E-state index in [2.05, 4.69) is 23.7 Å². The third kappa shape index (κ3) is 12.1. The molecule has 0 aliphatic carbocycles. The van der Waals surface area contributed by atoms with Gasteiger partial charge in [-0.2, -0.15) is 26.3 Å². The minimum atomic E-state index is -4.59. The fourth-order valence-electron chi connectivity index (χ4n) is 4.02. The minimum Gasteiger partial charge on any atom is -0.461 e. The molecular formula is C29H40F6O14.